The molecule has 0 radical (unpaired) electrons. The Morgan fingerprint density at radius 2 is 0.700 bits per heavy atom. The summed E-state index contributed by atoms with van der Waals surface area (Å²) >= 11 is 0. The summed E-state index contributed by atoms with van der Waals surface area (Å²) in [5, 5.41) is 2.40. The van der Waals surface area contributed by atoms with Crippen molar-refractivity contribution in [3.05, 3.63) is 119 Å². The molecule has 0 saturated carbocycles. The molecule has 0 N–H and O–H groups in total. The monoisotopic (exact) mass is 520 g/mol. The fourth-order valence-electron chi connectivity index (χ4n) is 6.32. The van der Waals surface area contributed by atoms with Gasteiger partial charge in [-0.25, -0.2) is 19.9 Å². The van der Waals surface area contributed by atoms with Crippen LogP contribution in [0, 0.1) is 41.5 Å². The van der Waals surface area contributed by atoms with E-state index >= 15 is 0 Å². The highest BCUT2D eigenvalue weighted by Crippen LogP contribution is 2.44. The molecule has 4 heteroatoms. The molecule has 0 unspecified atom stereocenters. The van der Waals surface area contributed by atoms with Crippen molar-refractivity contribution in [2.75, 3.05) is 0 Å². The van der Waals surface area contributed by atoms with Gasteiger partial charge in [0, 0.05) is 35.9 Å². The van der Waals surface area contributed by atoms with Crippen LogP contribution < -0.4 is 0 Å². The van der Waals surface area contributed by atoms with Crippen molar-refractivity contribution >= 4 is 10.8 Å². The zero-order valence-corrected chi connectivity index (χ0v) is 23.9. The van der Waals surface area contributed by atoms with Crippen molar-refractivity contribution in [2.45, 2.75) is 41.5 Å². The van der Waals surface area contributed by atoms with E-state index in [1.807, 2.05) is 24.8 Å². The van der Waals surface area contributed by atoms with Gasteiger partial charge < -0.3 is 0 Å². The molecule has 0 aliphatic heterocycles. The zero-order chi connectivity index (χ0) is 28.0. The first-order valence-electron chi connectivity index (χ1n) is 13.6. The molecule has 2 aromatic heterocycles. The summed E-state index contributed by atoms with van der Waals surface area (Å²) in [5.41, 5.74) is 16.7. The third kappa shape index (κ3) is 4.56. The molecule has 196 valence electrons. The number of nitrogens with zero attached hydrogens (tertiary/aromatic N) is 4. The van der Waals surface area contributed by atoms with Crippen LogP contribution in [0.15, 0.2) is 86.0 Å². The first kappa shape index (κ1) is 25.6. The van der Waals surface area contributed by atoms with E-state index in [1.54, 1.807) is 12.7 Å². The average molecular weight is 521 g/mol. The van der Waals surface area contributed by atoms with Crippen LogP contribution in [-0.4, -0.2) is 19.9 Å². The van der Waals surface area contributed by atoms with Crippen LogP contribution in [0.25, 0.3) is 55.3 Å². The lowest BCUT2D eigenvalue weighted by Crippen LogP contribution is -1.97. The average Bonchev–Trinajstić information content (AvgIpc) is 2.93. The van der Waals surface area contributed by atoms with Crippen molar-refractivity contribution < 1.29 is 0 Å². The van der Waals surface area contributed by atoms with Crippen molar-refractivity contribution in [2.24, 2.45) is 0 Å². The minimum Gasteiger partial charge on any atom is -0.244 e. The second-order valence-corrected chi connectivity index (χ2v) is 10.9. The number of hydrogen-bond acceptors (Lipinski definition) is 4. The minimum absolute atomic E-state index is 0.997. The van der Waals surface area contributed by atoms with Crippen molar-refractivity contribution in [1.29, 1.82) is 0 Å². The van der Waals surface area contributed by atoms with Gasteiger partial charge in [0.2, 0.25) is 0 Å². The normalized spacial score (nSPS) is 11.2. The first-order chi connectivity index (χ1) is 19.3. The number of aromatic nitrogens is 4. The van der Waals surface area contributed by atoms with Gasteiger partial charge in [0.15, 0.2) is 0 Å². The summed E-state index contributed by atoms with van der Waals surface area (Å²) < 4.78 is 0. The maximum Gasteiger partial charge on any atom is 0.115 e. The highest BCUT2D eigenvalue weighted by atomic mass is 14.8. The third-order valence-corrected chi connectivity index (χ3v) is 7.75. The standard InChI is InChI=1S/C36H32N4/c1-21-7-23(3)35(24(4)8-21)33-13-27(29-15-37-19-38-16-29)12-32-31(33)11-28(30-17-39-20-40-18-30)14-34(32)36-25(5)9-22(2)10-26(36)6/h7-20H,1-6H3. The smallest absolute Gasteiger partial charge is 0.115 e. The second kappa shape index (κ2) is 10.1. The van der Waals surface area contributed by atoms with Gasteiger partial charge in [0.05, 0.1) is 0 Å². The Morgan fingerprint density at radius 1 is 0.375 bits per heavy atom. The molecule has 4 nitrogen and oxygen atoms in total. The van der Waals surface area contributed by atoms with Crippen LogP contribution in [-0.2, 0) is 0 Å². The number of rotatable bonds is 4. The molecular formula is C36H32N4. The van der Waals surface area contributed by atoms with Crippen molar-refractivity contribution in [1.82, 2.24) is 19.9 Å². The van der Waals surface area contributed by atoms with E-state index < -0.39 is 0 Å². The van der Waals surface area contributed by atoms with E-state index in [0.29, 0.717) is 0 Å². The van der Waals surface area contributed by atoms with Gasteiger partial charge >= 0.3 is 0 Å². The lowest BCUT2D eigenvalue weighted by atomic mass is 9.83. The largest absolute Gasteiger partial charge is 0.244 e. The van der Waals surface area contributed by atoms with Crippen LogP contribution in [0.2, 0.25) is 0 Å². The maximum absolute atomic E-state index is 4.34. The molecule has 0 spiro atoms. The van der Waals surface area contributed by atoms with Gasteiger partial charge in [-0.15, -0.1) is 0 Å². The molecule has 4 aromatic carbocycles. The number of aryl methyl sites for hydroxylation is 6. The topological polar surface area (TPSA) is 51.6 Å². The minimum atomic E-state index is 0.997. The molecule has 0 aliphatic rings. The molecule has 6 rings (SSSR count). The maximum atomic E-state index is 4.34. The van der Waals surface area contributed by atoms with Gasteiger partial charge in [-0.05, 0) is 132 Å². The van der Waals surface area contributed by atoms with Crippen LogP contribution >= 0.6 is 0 Å². The SMILES string of the molecule is Cc1cc(C)c(-c2cc(-c3cncnc3)cc3c(-c4c(C)cc(C)cc4C)cc(-c4cncnc4)cc23)c(C)c1. The van der Waals surface area contributed by atoms with Crippen LogP contribution in [0.3, 0.4) is 0 Å². The van der Waals surface area contributed by atoms with Crippen LogP contribution in [0.4, 0.5) is 0 Å². The Bertz CT molecular complexity index is 1700. The summed E-state index contributed by atoms with van der Waals surface area (Å²) in [7, 11) is 0. The Kier molecular flexibility index (Phi) is 6.47. The van der Waals surface area contributed by atoms with Gasteiger partial charge in [-0.2, -0.15) is 0 Å². The van der Waals surface area contributed by atoms with Crippen LogP contribution in [0.5, 0.6) is 0 Å². The van der Waals surface area contributed by atoms with Gasteiger partial charge in [-0.1, -0.05) is 35.4 Å². The van der Waals surface area contributed by atoms with Crippen molar-refractivity contribution in [3.8, 4) is 44.5 Å². The third-order valence-electron chi connectivity index (χ3n) is 7.75. The van der Waals surface area contributed by atoms with E-state index in [2.05, 4.69) is 110 Å². The summed E-state index contributed by atoms with van der Waals surface area (Å²) in [6, 6.07) is 18.3. The Morgan fingerprint density at radius 3 is 1.02 bits per heavy atom. The van der Waals surface area contributed by atoms with Gasteiger partial charge in [-0.3, -0.25) is 0 Å². The van der Waals surface area contributed by atoms with E-state index in [0.717, 1.165) is 22.3 Å². The van der Waals surface area contributed by atoms with E-state index in [9.17, 15) is 0 Å². The fourth-order valence-corrected chi connectivity index (χ4v) is 6.32. The summed E-state index contributed by atoms with van der Waals surface area (Å²) in [4.78, 5) is 17.4. The molecule has 0 aliphatic carbocycles. The molecular weight excluding hydrogens is 488 g/mol. The van der Waals surface area contributed by atoms with Gasteiger partial charge in [0.25, 0.3) is 0 Å². The summed E-state index contributed by atoms with van der Waals surface area (Å²) in [5.74, 6) is 0. The lowest BCUT2D eigenvalue weighted by Gasteiger charge is -2.21. The molecule has 0 amide bonds. The number of hydrogen-bond donors (Lipinski definition) is 0. The first-order valence-corrected chi connectivity index (χ1v) is 13.6. The molecule has 2 heterocycles. The zero-order valence-electron chi connectivity index (χ0n) is 23.9. The second-order valence-electron chi connectivity index (χ2n) is 10.9. The molecule has 0 fully saturated rings. The Hall–Kier alpha value is -4.70. The molecule has 6 aromatic rings. The predicted molar refractivity (Wildman–Crippen MR) is 165 cm³/mol. The Balaban J connectivity index is 1.81. The summed E-state index contributed by atoms with van der Waals surface area (Å²) in [6.07, 6.45) is 10.7. The lowest BCUT2D eigenvalue weighted by molar-refractivity contribution is 1.17. The molecule has 40 heavy (non-hydrogen) atoms. The van der Waals surface area contributed by atoms with Gasteiger partial charge in [0.1, 0.15) is 12.7 Å². The Labute approximate surface area is 235 Å². The molecule has 0 saturated heterocycles. The van der Waals surface area contributed by atoms with E-state index in [4.69, 9.17) is 0 Å². The fraction of sp³-hybridized carbons (Fsp3) is 0.167. The number of fused-ring (bicyclic) bond motifs is 1. The highest BCUT2D eigenvalue weighted by molar-refractivity contribution is 6.10. The number of benzene rings is 4. The van der Waals surface area contributed by atoms with E-state index in [1.165, 1.54) is 66.4 Å². The molecule has 0 atom stereocenters. The predicted octanol–water partition coefficient (Wildman–Crippen LogP) is 8.94. The molecule has 0 bridgehead atoms. The van der Waals surface area contributed by atoms with Crippen molar-refractivity contribution in [3.63, 3.8) is 0 Å². The van der Waals surface area contributed by atoms with E-state index in [-0.39, 0.29) is 0 Å². The van der Waals surface area contributed by atoms with Crippen LogP contribution in [0.1, 0.15) is 33.4 Å². The quantitative estimate of drug-likeness (QED) is 0.233. The highest BCUT2D eigenvalue weighted by Gasteiger charge is 2.19. The summed E-state index contributed by atoms with van der Waals surface area (Å²) in [6.45, 7) is 13.2.